The summed E-state index contributed by atoms with van der Waals surface area (Å²) in [7, 11) is 0. The topological polar surface area (TPSA) is 64.6 Å². The van der Waals surface area contributed by atoms with Gasteiger partial charge in [0.2, 0.25) is 0 Å². The SMILES string of the molecule is CC(C)OC(=O)COc1cccc(NC(=O)c2cccc(C3=CCCC(F)=C3)c2)c1. The van der Waals surface area contributed by atoms with Crippen LogP contribution < -0.4 is 10.1 Å². The first-order valence-corrected chi connectivity index (χ1v) is 9.81. The minimum absolute atomic E-state index is 0.156. The lowest BCUT2D eigenvalue weighted by Crippen LogP contribution is -2.18. The van der Waals surface area contributed by atoms with Gasteiger partial charge in [-0.1, -0.05) is 24.3 Å². The van der Waals surface area contributed by atoms with Crippen LogP contribution in [0.5, 0.6) is 5.75 Å². The van der Waals surface area contributed by atoms with E-state index in [0.717, 1.165) is 11.1 Å². The van der Waals surface area contributed by atoms with E-state index in [4.69, 9.17) is 9.47 Å². The number of hydrogen-bond acceptors (Lipinski definition) is 4. The van der Waals surface area contributed by atoms with E-state index in [1.807, 2.05) is 12.1 Å². The molecule has 2 aromatic rings. The van der Waals surface area contributed by atoms with Crippen molar-refractivity contribution in [1.82, 2.24) is 0 Å². The third-order valence-corrected chi connectivity index (χ3v) is 4.33. The number of nitrogens with one attached hydrogen (secondary N) is 1. The lowest BCUT2D eigenvalue weighted by atomic mass is 9.97. The van der Waals surface area contributed by atoms with Crippen LogP contribution in [-0.4, -0.2) is 24.6 Å². The monoisotopic (exact) mass is 409 g/mol. The van der Waals surface area contributed by atoms with Crippen molar-refractivity contribution in [3.8, 4) is 5.75 Å². The highest BCUT2D eigenvalue weighted by atomic mass is 19.1. The summed E-state index contributed by atoms with van der Waals surface area (Å²) in [6.07, 6.45) is 4.32. The fourth-order valence-electron chi connectivity index (χ4n) is 3.01. The largest absolute Gasteiger partial charge is 0.482 e. The maximum atomic E-state index is 13.6. The second-order valence-electron chi connectivity index (χ2n) is 7.18. The van der Waals surface area contributed by atoms with Gasteiger partial charge in [0.1, 0.15) is 11.6 Å². The van der Waals surface area contributed by atoms with Gasteiger partial charge in [0.15, 0.2) is 6.61 Å². The Hall–Kier alpha value is -3.41. The summed E-state index contributed by atoms with van der Waals surface area (Å²) in [5.74, 6) is -0.473. The van der Waals surface area contributed by atoms with E-state index < -0.39 is 5.97 Å². The standard InChI is InChI=1S/C24H24FNO4/c1-16(2)30-23(27)15-29-22-11-5-10-21(14-22)26-24(28)19-8-3-6-17(12-19)18-7-4-9-20(25)13-18/h3,5-8,10-14,16H,4,9,15H2,1-2H3,(H,26,28). The van der Waals surface area contributed by atoms with Crippen LogP contribution in [0.4, 0.5) is 10.1 Å². The molecule has 156 valence electrons. The number of hydrogen-bond donors (Lipinski definition) is 1. The van der Waals surface area contributed by atoms with E-state index in [-0.39, 0.29) is 24.4 Å². The first-order chi connectivity index (χ1) is 14.4. The number of benzene rings is 2. The quantitative estimate of drug-likeness (QED) is 0.630. The van der Waals surface area contributed by atoms with Crippen molar-refractivity contribution in [1.29, 1.82) is 0 Å². The first-order valence-electron chi connectivity index (χ1n) is 9.81. The summed E-state index contributed by atoms with van der Waals surface area (Å²) in [6, 6.07) is 13.8. The van der Waals surface area contributed by atoms with Gasteiger partial charge in [-0.3, -0.25) is 4.79 Å². The highest BCUT2D eigenvalue weighted by Crippen LogP contribution is 2.26. The second-order valence-corrected chi connectivity index (χ2v) is 7.18. The molecule has 2 aromatic carbocycles. The molecule has 1 N–H and O–H groups in total. The molecule has 5 nitrogen and oxygen atoms in total. The first kappa shape index (κ1) is 21.3. The van der Waals surface area contributed by atoms with E-state index in [0.29, 0.717) is 29.8 Å². The van der Waals surface area contributed by atoms with Crippen molar-refractivity contribution in [3.05, 3.63) is 77.6 Å². The Labute approximate surface area is 175 Å². The molecule has 0 radical (unpaired) electrons. The molecule has 0 saturated heterocycles. The van der Waals surface area contributed by atoms with Crippen molar-refractivity contribution in [3.63, 3.8) is 0 Å². The Morgan fingerprint density at radius 1 is 1.13 bits per heavy atom. The number of anilines is 1. The summed E-state index contributed by atoms with van der Waals surface area (Å²) in [5.41, 5.74) is 2.55. The van der Waals surface area contributed by atoms with Crippen LogP contribution in [0.25, 0.3) is 5.57 Å². The summed E-state index contributed by atoms with van der Waals surface area (Å²) in [4.78, 5) is 24.3. The zero-order valence-electron chi connectivity index (χ0n) is 17.0. The predicted octanol–water partition coefficient (Wildman–Crippen LogP) is 5.30. The number of carbonyl (C=O) groups excluding carboxylic acids is 2. The normalized spacial score (nSPS) is 13.3. The number of carbonyl (C=O) groups is 2. The van der Waals surface area contributed by atoms with Crippen LogP contribution in [0.2, 0.25) is 0 Å². The van der Waals surface area contributed by atoms with Gasteiger partial charge < -0.3 is 14.8 Å². The molecule has 6 heteroatoms. The fraction of sp³-hybridized carbons (Fsp3) is 0.250. The average molecular weight is 409 g/mol. The highest BCUT2D eigenvalue weighted by Gasteiger charge is 2.12. The number of rotatable bonds is 7. The van der Waals surface area contributed by atoms with Crippen molar-refractivity contribution < 1.29 is 23.5 Å². The summed E-state index contributed by atoms with van der Waals surface area (Å²) in [5, 5.41) is 2.81. The molecular formula is C24H24FNO4. The van der Waals surface area contributed by atoms with Gasteiger partial charge in [-0.05, 0) is 61.7 Å². The maximum Gasteiger partial charge on any atom is 0.344 e. The Morgan fingerprint density at radius 3 is 2.70 bits per heavy atom. The minimum Gasteiger partial charge on any atom is -0.482 e. The van der Waals surface area contributed by atoms with Crippen molar-refractivity contribution in [2.24, 2.45) is 0 Å². The molecule has 0 spiro atoms. The van der Waals surface area contributed by atoms with Crippen LogP contribution in [0.3, 0.4) is 0 Å². The number of amides is 1. The van der Waals surface area contributed by atoms with Gasteiger partial charge in [-0.2, -0.15) is 0 Å². The summed E-state index contributed by atoms with van der Waals surface area (Å²) < 4.78 is 24.0. The molecule has 0 fully saturated rings. The van der Waals surface area contributed by atoms with Crippen molar-refractivity contribution in [2.75, 3.05) is 11.9 Å². The molecule has 0 unspecified atom stereocenters. The maximum absolute atomic E-state index is 13.6. The van der Waals surface area contributed by atoms with Crippen molar-refractivity contribution >= 4 is 23.1 Å². The Kier molecular flexibility index (Phi) is 7.01. The molecule has 30 heavy (non-hydrogen) atoms. The van der Waals surface area contributed by atoms with E-state index in [9.17, 15) is 14.0 Å². The third kappa shape index (κ3) is 6.04. The summed E-state index contributed by atoms with van der Waals surface area (Å²) in [6.45, 7) is 3.32. The number of allylic oxidation sites excluding steroid dienone is 4. The molecular weight excluding hydrogens is 385 g/mol. The Bertz CT molecular complexity index is 994. The third-order valence-electron chi connectivity index (χ3n) is 4.33. The average Bonchev–Trinajstić information content (AvgIpc) is 2.72. The molecule has 3 rings (SSSR count). The van der Waals surface area contributed by atoms with E-state index in [1.165, 1.54) is 6.08 Å². The van der Waals surface area contributed by atoms with Gasteiger partial charge in [0.25, 0.3) is 5.91 Å². The van der Waals surface area contributed by atoms with Crippen LogP contribution in [0.15, 0.2) is 66.5 Å². The highest BCUT2D eigenvalue weighted by molar-refractivity contribution is 6.05. The smallest absolute Gasteiger partial charge is 0.344 e. The molecule has 0 bridgehead atoms. The van der Waals surface area contributed by atoms with Gasteiger partial charge in [0, 0.05) is 23.7 Å². The van der Waals surface area contributed by atoms with Crippen molar-refractivity contribution in [2.45, 2.75) is 32.8 Å². The fourth-order valence-corrected chi connectivity index (χ4v) is 3.01. The molecule has 1 aliphatic carbocycles. The lowest BCUT2D eigenvalue weighted by Gasteiger charge is -2.12. The lowest BCUT2D eigenvalue weighted by molar-refractivity contribution is -0.149. The molecule has 0 aliphatic heterocycles. The predicted molar refractivity (Wildman–Crippen MR) is 114 cm³/mol. The number of esters is 1. The zero-order valence-corrected chi connectivity index (χ0v) is 17.0. The van der Waals surface area contributed by atoms with Crippen LogP contribution >= 0.6 is 0 Å². The second kappa shape index (κ2) is 9.87. The Morgan fingerprint density at radius 2 is 1.93 bits per heavy atom. The van der Waals surface area contributed by atoms with Gasteiger partial charge in [0.05, 0.1) is 6.10 Å². The van der Waals surface area contributed by atoms with Gasteiger partial charge in [-0.15, -0.1) is 0 Å². The van der Waals surface area contributed by atoms with Crippen LogP contribution in [-0.2, 0) is 9.53 Å². The molecule has 1 aliphatic rings. The van der Waals surface area contributed by atoms with Crippen LogP contribution in [0, 0.1) is 0 Å². The van der Waals surface area contributed by atoms with Gasteiger partial charge >= 0.3 is 5.97 Å². The minimum atomic E-state index is -0.459. The Balaban J connectivity index is 1.66. The van der Waals surface area contributed by atoms with E-state index in [1.54, 1.807) is 56.3 Å². The molecule has 0 atom stereocenters. The van der Waals surface area contributed by atoms with E-state index >= 15 is 0 Å². The van der Waals surface area contributed by atoms with Crippen LogP contribution in [0.1, 0.15) is 42.6 Å². The molecule has 1 amide bonds. The molecule has 0 aromatic heterocycles. The summed E-state index contributed by atoms with van der Waals surface area (Å²) >= 11 is 0. The number of halogens is 1. The zero-order chi connectivity index (χ0) is 21.5. The van der Waals surface area contributed by atoms with E-state index in [2.05, 4.69) is 5.32 Å². The van der Waals surface area contributed by atoms with Gasteiger partial charge in [-0.25, -0.2) is 9.18 Å². The molecule has 0 heterocycles. The number of ether oxygens (including phenoxy) is 2. The molecule has 0 saturated carbocycles.